The van der Waals surface area contributed by atoms with Gasteiger partial charge in [0.2, 0.25) is 0 Å². The van der Waals surface area contributed by atoms with Crippen molar-refractivity contribution in [3.8, 4) is 5.75 Å². The van der Waals surface area contributed by atoms with Gasteiger partial charge in [0.25, 0.3) is 0 Å². The van der Waals surface area contributed by atoms with Gasteiger partial charge in [0, 0.05) is 17.3 Å². The van der Waals surface area contributed by atoms with Crippen LogP contribution in [0.4, 0.5) is 0 Å². The molecule has 0 N–H and O–H groups in total. The maximum absolute atomic E-state index is 5.20. The largest absolute Gasteiger partial charge is 0.497 e. The van der Waals surface area contributed by atoms with Crippen molar-refractivity contribution in [1.29, 1.82) is 0 Å². The number of fused-ring (bicyclic) bond motifs is 1. The maximum atomic E-state index is 5.20. The zero-order valence-electron chi connectivity index (χ0n) is 9.16. The Balaban J connectivity index is 2.56. The summed E-state index contributed by atoms with van der Waals surface area (Å²) >= 11 is 0. The molecule has 2 nitrogen and oxygen atoms in total. The number of hydrogen-bond donors (Lipinski definition) is 0. The Hall–Kier alpha value is -1.57. The third-order valence-electron chi connectivity index (χ3n) is 2.54. The molecule has 0 spiro atoms. The van der Waals surface area contributed by atoms with Gasteiger partial charge in [-0.15, -0.1) is 0 Å². The predicted octanol–water partition coefficient (Wildman–Crippen LogP) is 3.20. The molecule has 0 amide bonds. The van der Waals surface area contributed by atoms with E-state index in [1.54, 1.807) is 7.11 Å². The number of hydrogen-bond acceptors (Lipinski definition) is 2. The van der Waals surface area contributed by atoms with Crippen LogP contribution in [0.2, 0.25) is 0 Å². The van der Waals surface area contributed by atoms with E-state index in [9.17, 15) is 0 Å². The lowest BCUT2D eigenvalue weighted by Gasteiger charge is -2.06. The van der Waals surface area contributed by atoms with E-state index in [0.717, 1.165) is 18.6 Å². The molecule has 15 heavy (non-hydrogen) atoms. The fraction of sp³-hybridized carbons (Fsp3) is 0.308. The molecule has 2 rings (SSSR count). The molecule has 0 unspecified atom stereocenters. The van der Waals surface area contributed by atoms with Crippen LogP contribution in [-0.4, -0.2) is 12.1 Å². The molecule has 0 radical (unpaired) electrons. The summed E-state index contributed by atoms with van der Waals surface area (Å²) < 4.78 is 5.20. The van der Waals surface area contributed by atoms with Crippen LogP contribution >= 0.6 is 0 Å². The second-order valence-electron chi connectivity index (χ2n) is 3.59. The lowest BCUT2D eigenvalue weighted by Crippen LogP contribution is -1.91. The van der Waals surface area contributed by atoms with Gasteiger partial charge in [-0.3, -0.25) is 4.98 Å². The zero-order valence-corrected chi connectivity index (χ0v) is 9.16. The summed E-state index contributed by atoms with van der Waals surface area (Å²) in [6.07, 6.45) is 4.02. The second kappa shape index (κ2) is 4.30. The average molecular weight is 201 g/mol. The summed E-state index contributed by atoms with van der Waals surface area (Å²) in [5, 5.41) is 2.44. The standard InChI is InChI=1S/C13H15NO/c1-3-4-13-12-6-5-11(15-2)9-10(12)7-8-14-13/h5-9H,3-4H2,1-2H3. The number of ether oxygens (including phenoxy) is 1. The van der Waals surface area contributed by atoms with Crippen LogP contribution in [-0.2, 0) is 6.42 Å². The van der Waals surface area contributed by atoms with Crippen LogP contribution in [0.25, 0.3) is 10.8 Å². The fourth-order valence-electron chi connectivity index (χ4n) is 1.78. The molecule has 0 aliphatic carbocycles. The number of aryl methyl sites for hydroxylation is 1. The highest BCUT2D eigenvalue weighted by Gasteiger charge is 2.02. The topological polar surface area (TPSA) is 22.1 Å². The van der Waals surface area contributed by atoms with Crippen LogP contribution < -0.4 is 4.74 Å². The van der Waals surface area contributed by atoms with E-state index in [2.05, 4.69) is 24.0 Å². The van der Waals surface area contributed by atoms with E-state index in [-0.39, 0.29) is 0 Å². The summed E-state index contributed by atoms with van der Waals surface area (Å²) in [6, 6.07) is 8.16. The van der Waals surface area contributed by atoms with Crippen molar-refractivity contribution in [2.45, 2.75) is 19.8 Å². The van der Waals surface area contributed by atoms with E-state index in [1.807, 2.05) is 18.3 Å². The van der Waals surface area contributed by atoms with Gasteiger partial charge in [-0.25, -0.2) is 0 Å². The minimum absolute atomic E-state index is 0.899. The van der Waals surface area contributed by atoms with Gasteiger partial charge in [0.1, 0.15) is 5.75 Å². The maximum Gasteiger partial charge on any atom is 0.119 e. The molecule has 2 heteroatoms. The molecule has 2 aromatic rings. The molecule has 1 aromatic carbocycles. The van der Waals surface area contributed by atoms with Crippen molar-refractivity contribution in [1.82, 2.24) is 4.98 Å². The lowest BCUT2D eigenvalue weighted by molar-refractivity contribution is 0.415. The molecule has 1 heterocycles. The quantitative estimate of drug-likeness (QED) is 0.760. The van der Waals surface area contributed by atoms with Crippen molar-refractivity contribution in [2.75, 3.05) is 7.11 Å². The van der Waals surface area contributed by atoms with Gasteiger partial charge in [0.15, 0.2) is 0 Å². The van der Waals surface area contributed by atoms with Crippen molar-refractivity contribution in [3.63, 3.8) is 0 Å². The molecular formula is C13H15NO. The zero-order chi connectivity index (χ0) is 10.7. The monoisotopic (exact) mass is 201 g/mol. The highest BCUT2D eigenvalue weighted by atomic mass is 16.5. The summed E-state index contributed by atoms with van der Waals surface area (Å²) in [5.74, 6) is 0.899. The number of benzene rings is 1. The van der Waals surface area contributed by atoms with Crippen LogP contribution in [0.5, 0.6) is 5.75 Å². The molecular weight excluding hydrogens is 186 g/mol. The minimum atomic E-state index is 0.899. The Morgan fingerprint density at radius 2 is 2.13 bits per heavy atom. The second-order valence-corrected chi connectivity index (χ2v) is 3.59. The summed E-state index contributed by atoms with van der Waals surface area (Å²) in [6.45, 7) is 2.17. The van der Waals surface area contributed by atoms with E-state index in [0.29, 0.717) is 0 Å². The van der Waals surface area contributed by atoms with Gasteiger partial charge >= 0.3 is 0 Å². The first-order valence-electron chi connectivity index (χ1n) is 5.26. The van der Waals surface area contributed by atoms with E-state index in [1.165, 1.54) is 16.5 Å². The molecule has 1 aromatic heterocycles. The van der Waals surface area contributed by atoms with Crippen molar-refractivity contribution in [2.24, 2.45) is 0 Å². The summed E-state index contributed by atoms with van der Waals surface area (Å²) in [7, 11) is 1.69. The van der Waals surface area contributed by atoms with Gasteiger partial charge in [-0.1, -0.05) is 13.3 Å². The Bertz CT molecular complexity index is 465. The van der Waals surface area contributed by atoms with E-state index < -0.39 is 0 Å². The Morgan fingerprint density at radius 1 is 1.27 bits per heavy atom. The molecule has 0 bridgehead atoms. The molecule has 0 atom stereocenters. The molecule has 0 saturated carbocycles. The smallest absolute Gasteiger partial charge is 0.119 e. The van der Waals surface area contributed by atoms with Crippen molar-refractivity contribution in [3.05, 3.63) is 36.2 Å². The van der Waals surface area contributed by atoms with E-state index >= 15 is 0 Å². The number of aromatic nitrogens is 1. The first-order valence-corrected chi connectivity index (χ1v) is 5.26. The third kappa shape index (κ3) is 1.94. The lowest BCUT2D eigenvalue weighted by atomic mass is 10.1. The number of pyridine rings is 1. The van der Waals surface area contributed by atoms with Crippen LogP contribution in [0.3, 0.4) is 0 Å². The molecule has 78 valence electrons. The molecule has 0 saturated heterocycles. The highest BCUT2D eigenvalue weighted by Crippen LogP contribution is 2.22. The van der Waals surface area contributed by atoms with E-state index in [4.69, 9.17) is 4.74 Å². The van der Waals surface area contributed by atoms with Gasteiger partial charge < -0.3 is 4.74 Å². The summed E-state index contributed by atoms with van der Waals surface area (Å²) in [5.41, 5.74) is 1.18. The fourth-order valence-corrected chi connectivity index (χ4v) is 1.78. The number of nitrogens with zero attached hydrogens (tertiary/aromatic N) is 1. The highest BCUT2D eigenvalue weighted by molar-refractivity contribution is 5.85. The van der Waals surface area contributed by atoms with Gasteiger partial charge in [-0.2, -0.15) is 0 Å². The average Bonchev–Trinajstić information content (AvgIpc) is 2.29. The summed E-state index contributed by atoms with van der Waals surface area (Å²) in [4.78, 5) is 4.41. The minimum Gasteiger partial charge on any atom is -0.497 e. The molecule has 0 aliphatic rings. The van der Waals surface area contributed by atoms with Crippen molar-refractivity contribution < 1.29 is 4.74 Å². The molecule has 0 aliphatic heterocycles. The number of rotatable bonds is 3. The third-order valence-corrected chi connectivity index (χ3v) is 2.54. The van der Waals surface area contributed by atoms with Crippen molar-refractivity contribution >= 4 is 10.8 Å². The SMILES string of the molecule is CCCc1nccc2cc(OC)ccc12. The Morgan fingerprint density at radius 3 is 2.87 bits per heavy atom. The first-order chi connectivity index (χ1) is 7.35. The van der Waals surface area contributed by atoms with Gasteiger partial charge in [0.05, 0.1) is 7.11 Å². The number of methoxy groups -OCH3 is 1. The van der Waals surface area contributed by atoms with Crippen LogP contribution in [0.1, 0.15) is 19.0 Å². The Labute approximate surface area is 89.9 Å². The van der Waals surface area contributed by atoms with Crippen LogP contribution in [0, 0.1) is 0 Å². The first kappa shape index (κ1) is 9.97. The van der Waals surface area contributed by atoms with Gasteiger partial charge in [-0.05, 0) is 36.1 Å². The normalized spacial score (nSPS) is 10.5. The van der Waals surface area contributed by atoms with Crippen LogP contribution in [0.15, 0.2) is 30.5 Å². The molecule has 0 fully saturated rings. The predicted molar refractivity (Wildman–Crippen MR) is 62.3 cm³/mol. The Kier molecular flexibility index (Phi) is 2.86.